The quantitative estimate of drug-likeness (QED) is 0.182. The Hall–Kier alpha value is -2.87. The zero-order chi connectivity index (χ0) is 24.2. The second kappa shape index (κ2) is 13.7. The summed E-state index contributed by atoms with van der Waals surface area (Å²) < 4.78 is 24.9. The lowest BCUT2D eigenvalue weighted by Crippen LogP contribution is -2.20. The summed E-state index contributed by atoms with van der Waals surface area (Å²) in [6.07, 6.45) is 14.7. The molecule has 0 spiro atoms. The molecule has 0 heterocycles. The van der Waals surface area contributed by atoms with Gasteiger partial charge < -0.3 is 9.47 Å². The first-order valence-electron chi connectivity index (χ1n) is 12.7. The van der Waals surface area contributed by atoms with Crippen LogP contribution in [0.25, 0.3) is 0 Å². The molecule has 34 heavy (non-hydrogen) atoms. The topological polar surface area (TPSA) is 59.3 Å². The lowest BCUT2D eigenvalue weighted by Gasteiger charge is -2.28. The van der Waals surface area contributed by atoms with E-state index in [0.29, 0.717) is 18.1 Å². The Morgan fingerprint density at radius 3 is 2.26 bits per heavy atom. The van der Waals surface area contributed by atoms with E-state index in [4.69, 9.17) is 14.7 Å². The van der Waals surface area contributed by atoms with E-state index in [1.807, 2.05) is 0 Å². The zero-order valence-corrected chi connectivity index (χ0v) is 20.2. The Bertz CT molecular complexity index is 943. The minimum absolute atomic E-state index is 0.0638. The summed E-state index contributed by atoms with van der Waals surface area (Å²) in [4.78, 5) is 12.3. The Morgan fingerprint density at radius 2 is 1.59 bits per heavy atom. The van der Waals surface area contributed by atoms with Gasteiger partial charge in [-0.05, 0) is 61.1 Å². The van der Waals surface area contributed by atoms with Crippen LogP contribution in [0.4, 0.5) is 4.39 Å². The van der Waals surface area contributed by atoms with Crippen LogP contribution in [0, 0.1) is 29.0 Å². The Morgan fingerprint density at radius 1 is 0.941 bits per heavy atom. The normalized spacial score (nSPS) is 17.7. The molecule has 0 unspecified atom stereocenters. The van der Waals surface area contributed by atoms with Gasteiger partial charge in [-0.2, -0.15) is 5.26 Å². The van der Waals surface area contributed by atoms with E-state index in [1.54, 1.807) is 30.3 Å². The largest absolute Gasteiger partial charge is 0.493 e. The van der Waals surface area contributed by atoms with Crippen molar-refractivity contribution in [1.29, 1.82) is 5.26 Å². The fourth-order valence-corrected chi connectivity index (χ4v) is 4.62. The summed E-state index contributed by atoms with van der Waals surface area (Å²) in [7, 11) is 0. The first kappa shape index (κ1) is 25.7. The van der Waals surface area contributed by atoms with Crippen LogP contribution >= 0.6 is 0 Å². The molecule has 1 fully saturated rings. The van der Waals surface area contributed by atoms with Crippen LogP contribution in [0.5, 0.6) is 11.5 Å². The van der Waals surface area contributed by atoms with Crippen LogP contribution in [0.2, 0.25) is 0 Å². The van der Waals surface area contributed by atoms with Gasteiger partial charge in [0.1, 0.15) is 23.4 Å². The summed E-state index contributed by atoms with van der Waals surface area (Å²) in [5, 5.41) is 8.79. The number of rotatable bonds is 12. The van der Waals surface area contributed by atoms with Gasteiger partial charge in [-0.25, -0.2) is 9.18 Å². The van der Waals surface area contributed by atoms with Gasteiger partial charge in [0.05, 0.1) is 17.7 Å². The zero-order valence-electron chi connectivity index (χ0n) is 20.2. The van der Waals surface area contributed by atoms with Crippen molar-refractivity contribution in [3.8, 4) is 17.6 Å². The van der Waals surface area contributed by atoms with Crippen molar-refractivity contribution in [2.75, 3.05) is 6.61 Å². The lowest BCUT2D eigenvalue weighted by atomic mass is 9.80. The van der Waals surface area contributed by atoms with E-state index in [-0.39, 0.29) is 11.3 Å². The van der Waals surface area contributed by atoms with Crippen LogP contribution in [0.1, 0.15) is 93.5 Å². The number of hydrogen-bond acceptors (Lipinski definition) is 4. The summed E-state index contributed by atoms with van der Waals surface area (Å²) in [5.41, 5.74) is 0.264. The van der Waals surface area contributed by atoms with Gasteiger partial charge >= 0.3 is 5.97 Å². The monoisotopic (exact) mass is 465 g/mol. The summed E-state index contributed by atoms with van der Waals surface area (Å²) in [6.45, 7) is 2.97. The van der Waals surface area contributed by atoms with E-state index in [2.05, 4.69) is 6.92 Å². The van der Waals surface area contributed by atoms with Gasteiger partial charge in [0.2, 0.25) is 0 Å². The van der Waals surface area contributed by atoms with Crippen LogP contribution in [0.3, 0.4) is 0 Å². The number of carbonyl (C=O) groups is 1. The molecule has 182 valence electrons. The molecule has 3 rings (SSSR count). The van der Waals surface area contributed by atoms with Crippen molar-refractivity contribution in [3.63, 3.8) is 0 Å². The Labute approximate surface area is 203 Å². The fourth-order valence-electron chi connectivity index (χ4n) is 4.62. The number of nitriles is 1. The van der Waals surface area contributed by atoms with Gasteiger partial charge in [-0.15, -0.1) is 0 Å². The molecule has 0 amide bonds. The number of ether oxygens (including phenoxy) is 2. The van der Waals surface area contributed by atoms with Crippen LogP contribution < -0.4 is 9.47 Å². The number of carbonyl (C=O) groups excluding carboxylic acids is 1. The first-order valence-corrected chi connectivity index (χ1v) is 12.7. The number of esters is 1. The van der Waals surface area contributed by atoms with Crippen LogP contribution in [-0.2, 0) is 0 Å². The van der Waals surface area contributed by atoms with Crippen LogP contribution in [0.15, 0.2) is 42.5 Å². The molecule has 0 saturated heterocycles. The second-order valence-corrected chi connectivity index (χ2v) is 9.42. The number of halogens is 1. The van der Waals surface area contributed by atoms with Crippen molar-refractivity contribution >= 4 is 5.97 Å². The maximum atomic E-state index is 13.7. The molecule has 2 aromatic carbocycles. The molecule has 2 aromatic rings. The number of nitrogens with zero attached hydrogens (tertiary/aromatic N) is 1. The highest BCUT2D eigenvalue weighted by molar-refractivity contribution is 5.91. The van der Waals surface area contributed by atoms with Crippen molar-refractivity contribution < 1.29 is 18.7 Å². The highest BCUT2D eigenvalue weighted by atomic mass is 19.1. The van der Waals surface area contributed by atoms with E-state index < -0.39 is 11.8 Å². The third-order valence-corrected chi connectivity index (χ3v) is 6.78. The van der Waals surface area contributed by atoms with Crippen molar-refractivity contribution in [3.05, 3.63) is 59.4 Å². The average Bonchev–Trinajstić information content (AvgIpc) is 2.86. The smallest absolute Gasteiger partial charge is 0.343 e. The highest BCUT2D eigenvalue weighted by Crippen LogP contribution is 2.32. The fraction of sp³-hybridized carbons (Fsp3) is 0.517. The highest BCUT2D eigenvalue weighted by Gasteiger charge is 2.21. The molecular weight excluding hydrogens is 429 g/mol. The molecule has 0 bridgehead atoms. The maximum Gasteiger partial charge on any atom is 0.343 e. The van der Waals surface area contributed by atoms with Gasteiger partial charge in [-0.1, -0.05) is 64.7 Å². The first-order chi connectivity index (χ1) is 16.6. The molecule has 1 aliphatic rings. The summed E-state index contributed by atoms with van der Waals surface area (Å²) in [6, 6.07) is 12.3. The molecule has 5 heteroatoms. The minimum Gasteiger partial charge on any atom is -0.493 e. The van der Waals surface area contributed by atoms with Crippen molar-refractivity contribution in [2.24, 2.45) is 11.8 Å². The van der Waals surface area contributed by atoms with E-state index in [1.165, 1.54) is 82.8 Å². The van der Waals surface area contributed by atoms with E-state index in [9.17, 15) is 9.18 Å². The number of unbranched alkanes of at least 4 members (excludes halogenated alkanes) is 5. The molecule has 0 aliphatic heterocycles. The molecule has 0 radical (unpaired) electrons. The van der Waals surface area contributed by atoms with Gasteiger partial charge in [0.15, 0.2) is 0 Å². The maximum absolute atomic E-state index is 13.7. The third kappa shape index (κ3) is 8.17. The van der Waals surface area contributed by atoms with E-state index >= 15 is 0 Å². The second-order valence-electron chi connectivity index (χ2n) is 9.42. The predicted octanol–water partition coefficient (Wildman–Crippen LogP) is 7.85. The molecular formula is C29H36FNO3. The number of hydrogen-bond donors (Lipinski definition) is 0. The summed E-state index contributed by atoms with van der Waals surface area (Å²) in [5.74, 6) is 0.977. The van der Waals surface area contributed by atoms with Crippen LogP contribution in [-0.4, -0.2) is 12.6 Å². The standard InChI is InChI=1S/C29H36FNO3/c1-2-3-4-5-6-7-8-22-9-11-23(12-10-22)21-33-26-16-13-24(14-17-26)29(32)34-27-18-15-25(20-31)28(30)19-27/h13-19,22-23H,2-12,21H2,1H3. The molecule has 1 aliphatic carbocycles. The average molecular weight is 466 g/mol. The molecule has 0 atom stereocenters. The molecule has 0 aromatic heterocycles. The Balaban J connectivity index is 1.35. The molecule has 1 saturated carbocycles. The predicted molar refractivity (Wildman–Crippen MR) is 131 cm³/mol. The Kier molecular flexibility index (Phi) is 10.4. The van der Waals surface area contributed by atoms with Crippen molar-refractivity contribution in [1.82, 2.24) is 0 Å². The third-order valence-electron chi connectivity index (χ3n) is 6.78. The lowest BCUT2D eigenvalue weighted by molar-refractivity contribution is 0.0734. The number of benzene rings is 2. The summed E-state index contributed by atoms with van der Waals surface area (Å²) >= 11 is 0. The molecule has 4 nitrogen and oxygen atoms in total. The van der Waals surface area contributed by atoms with E-state index in [0.717, 1.165) is 17.7 Å². The van der Waals surface area contributed by atoms with Gasteiger partial charge in [0, 0.05) is 6.07 Å². The molecule has 0 N–H and O–H groups in total. The van der Waals surface area contributed by atoms with Gasteiger partial charge in [-0.3, -0.25) is 0 Å². The van der Waals surface area contributed by atoms with Gasteiger partial charge in [0.25, 0.3) is 0 Å². The SMILES string of the molecule is CCCCCCCCC1CCC(COc2ccc(C(=O)Oc3ccc(C#N)c(F)c3)cc2)CC1. The van der Waals surface area contributed by atoms with Crippen molar-refractivity contribution in [2.45, 2.75) is 77.6 Å². The minimum atomic E-state index is -0.715.